The summed E-state index contributed by atoms with van der Waals surface area (Å²) < 4.78 is 6.41. The van der Waals surface area contributed by atoms with Crippen molar-refractivity contribution in [2.75, 3.05) is 11.5 Å². The van der Waals surface area contributed by atoms with E-state index in [2.05, 4.69) is 9.97 Å². The number of nitrogens with zero attached hydrogens (tertiary/aromatic N) is 3. The highest BCUT2D eigenvalue weighted by atomic mass is 32.1. The van der Waals surface area contributed by atoms with Crippen LogP contribution in [0.15, 0.2) is 78.6 Å². The Morgan fingerprint density at radius 2 is 1.85 bits per heavy atom. The zero-order valence-electron chi connectivity index (χ0n) is 17.6. The molecule has 0 bridgehead atoms. The fourth-order valence-corrected chi connectivity index (χ4v) is 4.92. The number of pyridine rings is 1. The van der Waals surface area contributed by atoms with E-state index in [1.165, 1.54) is 28.6 Å². The van der Waals surface area contributed by atoms with Gasteiger partial charge in [-0.1, -0.05) is 41.7 Å². The lowest BCUT2D eigenvalue weighted by Crippen LogP contribution is -2.29. The minimum atomic E-state index is -0.814. The minimum absolute atomic E-state index is 0.0201. The lowest BCUT2D eigenvalue weighted by Gasteiger charge is -2.22. The molecule has 1 fully saturated rings. The van der Waals surface area contributed by atoms with Gasteiger partial charge in [-0.2, -0.15) is 0 Å². The molecule has 1 N–H and O–H groups in total. The molecule has 7 nitrogen and oxygen atoms in total. The molecule has 2 aromatic carbocycles. The van der Waals surface area contributed by atoms with Gasteiger partial charge in [-0.3, -0.25) is 19.5 Å². The summed E-state index contributed by atoms with van der Waals surface area (Å²) in [6, 6.07) is 17.0. The summed E-state index contributed by atoms with van der Waals surface area (Å²) in [5, 5.41) is 11.4. The van der Waals surface area contributed by atoms with Crippen molar-refractivity contribution in [2.45, 2.75) is 13.0 Å². The molecular formula is C25H19N3O4S. The number of rotatable bonds is 5. The molecule has 1 amide bonds. The number of anilines is 1. The minimum Gasteiger partial charge on any atom is -0.507 e. The number of aliphatic hydroxyl groups is 1. The Balaban J connectivity index is 1.69. The van der Waals surface area contributed by atoms with Gasteiger partial charge in [-0.15, -0.1) is 0 Å². The summed E-state index contributed by atoms with van der Waals surface area (Å²) >= 11 is 1.30. The predicted molar refractivity (Wildman–Crippen MR) is 126 cm³/mol. The molecular weight excluding hydrogens is 438 g/mol. The SMILES string of the molecule is CCOc1ccc2nc(N3C(=O)C(=O)C(=C(O)c4ccncc4)C3c3ccccc3)sc2c1. The number of carbonyl (C=O) groups is 2. The van der Waals surface area contributed by atoms with Gasteiger partial charge >= 0.3 is 5.91 Å². The maximum Gasteiger partial charge on any atom is 0.301 e. The number of hydrogen-bond acceptors (Lipinski definition) is 7. The topological polar surface area (TPSA) is 92.6 Å². The van der Waals surface area contributed by atoms with E-state index in [0.717, 1.165) is 4.70 Å². The maximum atomic E-state index is 13.2. The van der Waals surface area contributed by atoms with Crippen molar-refractivity contribution in [3.05, 3.63) is 89.8 Å². The molecule has 5 rings (SSSR count). The summed E-state index contributed by atoms with van der Waals surface area (Å²) in [5.74, 6) is -1.03. The van der Waals surface area contributed by atoms with Crippen molar-refractivity contribution >= 4 is 44.1 Å². The van der Waals surface area contributed by atoms with Crippen LogP contribution < -0.4 is 9.64 Å². The first-order chi connectivity index (χ1) is 16.1. The normalized spacial score (nSPS) is 17.6. The van der Waals surface area contributed by atoms with Crippen LogP contribution in [0.5, 0.6) is 5.75 Å². The number of thiazole rings is 1. The molecule has 1 unspecified atom stereocenters. The van der Waals surface area contributed by atoms with Crippen molar-refractivity contribution in [1.29, 1.82) is 0 Å². The van der Waals surface area contributed by atoms with Crippen molar-refractivity contribution in [3.63, 3.8) is 0 Å². The molecule has 4 aromatic rings. The zero-order valence-corrected chi connectivity index (χ0v) is 18.5. The summed E-state index contributed by atoms with van der Waals surface area (Å²) in [4.78, 5) is 36.4. The van der Waals surface area contributed by atoms with Crippen molar-refractivity contribution in [1.82, 2.24) is 9.97 Å². The van der Waals surface area contributed by atoms with E-state index in [9.17, 15) is 14.7 Å². The Morgan fingerprint density at radius 1 is 1.09 bits per heavy atom. The van der Waals surface area contributed by atoms with Crippen LogP contribution in [0.2, 0.25) is 0 Å². The third kappa shape index (κ3) is 3.64. The van der Waals surface area contributed by atoms with E-state index in [1.54, 1.807) is 12.1 Å². The number of amides is 1. The summed E-state index contributed by atoms with van der Waals surface area (Å²) in [6.45, 7) is 2.44. The first-order valence-electron chi connectivity index (χ1n) is 10.4. The van der Waals surface area contributed by atoms with Crippen LogP contribution in [-0.4, -0.2) is 33.4 Å². The number of ether oxygens (including phenoxy) is 1. The lowest BCUT2D eigenvalue weighted by atomic mass is 9.96. The number of fused-ring (bicyclic) bond motifs is 1. The molecule has 1 aliphatic heterocycles. The van der Waals surface area contributed by atoms with Gasteiger partial charge in [-0.05, 0) is 42.8 Å². The molecule has 1 saturated heterocycles. The highest BCUT2D eigenvalue weighted by molar-refractivity contribution is 7.22. The van der Waals surface area contributed by atoms with Crippen molar-refractivity contribution in [2.24, 2.45) is 0 Å². The molecule has 2 aromatic heterocycles. The first kappa shape index (κ1) is 20.8. The lowest BCUT2D eigenvalue weighted by molar-refractivity contribution is -0.132. The van der Waals surface area contributed by atoms with E-state index in [1.807, 2.05) is 55.5 Å². The number of ketones is 1. The number of carbonyl (C=O) groups excluding carboxylic acids is 2. The van der Waals surface area contributed by atoms with Crippen LogP contribution in [-0.2, 0) is 9.59 Å². The average Bonchev–Trinajstić information content (AvgIpc) is 3.38. The Bertz CT molecular complexity index is 1380. The second-order valence-electron chi connectivity index (χ2n) is 7.37. The van der Waals surface area contributed by atoms with Gasteiger partial charge in [0.05, 0.1) is 28.4 Å². The van der Waals surface area contributed by atoms with Gasteiger partial charge in [0.2, 0.25) is 0 Å². The number of aliphatic hydroxyl groups excluding tert-OH is 1. The second-order valence-corrected chi connectivity index (χ2v) is 8.38. The van der Waals surface area contributed by atoms with Crippen LogP contribution in [0.3, 0.4) is 0 Å². The Morgan fingerprint density at radius 3 is 2.58 bits per heavy atom. The molecule has 1 aliphatic rings. The van der Waals surface area contributed by atoms with E-state index in [-0.39, 0.29) is 11.3 Å². The zero-order chi connectivity index (χ0) is 22.9. The van der Waals surface area contributed by atoms with Gasteiger partial charge in [0.1, 0.15) is 11.5 Å². The number of benzene rings is 2. The predicted octanol–water partition coefficient (Wildman–Crippen LogP) is 4.72. The monoisotopic (exact) mass is 457 g/mol. The van der Waals surface area contributed by atoms with Crippen LogP contribution in [0, 0.1) is 0 Å². The fourth-order valence-electron chi connectivity index (χ4n) is 3.90. The van der Waals surface area contributed by atoms with Crippen LogP contribution >= 0.6 is 11.3 Å². The quantitative estimate of drug-likeness (QED) is 0.265. The van der Waals surface area contributed by atoms with Crippen LogP contribution in [0.1, 0.15) is 24.1 Å². The van der Waals surface area contributed by atoms with Crippen molar-refractivity contribution < 1.29 is 19.4 Å². The highest BCUT2D eigenvalue weighted by Gasteiger charge is 2.48. The third-order valence-corrected chi connectivity index (χ3v) is 6.40. The van der Waals surface area contributed by atoms with Gasteiger partial charge in [-0.25, -0.2) is 4.98 Å². The van der Waals surface area contributed by atoms with Gasteiger partial charge in [0.15, 0.2) is 5.13 Å². The van der Waals surface area contributed by atoms with E-state index >= 15 is 0 Å². The molecule has 164 valence electrons. The second kappa shape index (κ2) is 8.48. The molecule has 0 saturated carbocycles. The average molecular weight is 458 g/mol. The van der Waals surface area contributed by atoms with Crippen LogP contribution in [0.25, 0.3) is 16.0 Å². The van der Waals surface area contributed by atoms with Gasteiger partial charge in [0.25, 0.3) is 5.78 Å². The molecule has 3 heterocycles. The summed E-state index contributed by atoms with van der Waals surface area (Å²) in [5.41, 5.74) is 1.82. The Labute approximate surface area is 193 Å². The molecule has 33 heavy (non-hydrogen) atoms. The number of Topliss-reactive ketones (excluding diaryl/α,β-unsaturated/α-hetero) is 1. The van der Waals surface area contributed by atoms with Gasteiger partial charge in [0, 0.05) is 18.0 Å². The number of hydrogen-bond donors (Lipinski definition) is 1. The summed E-state index contributed by atoms with van der Waals surface area (Å²) in [7, 11) is 0. The third-order valence-electron chi connectivity index (χ3n) is 5.38. The smallest absolute Gasteiger partial charge is 0.301 e. The van der Waals surface area contributed by atoms with Crippen LogP contribution in [0.4, 0.5) is 5.13 Å². The molecule has 0 spiro atoms. The van der Waals surface area contributed by atoms with E-state index < -0.39 is 17.7 Å². The molecule has 0 radical (unpaired) electrons. The maximum absolute atomic E-state index is 13.2. The molecule has 0 aliphatic carbocycles. The van der Waals surface area contributed by atoms with E-state index in [4.69, 9.17) is 4.74 Å². The Kier molecular flexibility index (Phi) is 5.35. The highest BCUT2D eigenvalue weighted by Crippen LogP contribution is 2.44. The standard InChI is InChI=1S/C25H19N3O4S/c1-2-32-17-8-9-18-19(14-17)33-25(27-18)28-21(15-6-4-3-5-7-15)20(23(30)24(28)31)22(29)16-10-12-26-13-11-16/h3-14,21,29H,2H2,1H3. The van der Waals surface area contributed by atoms with E-state index in [0.29, 0.717) is 34.1 Å². The largest absolute Gasteiger partial charge is 0.507 e. The number of aromatic nitrogens is 2. The Hall–Kier alpha value is -4.04. The van der Waals surface area contributed by atoms with Gasteiger partial charge < -0.3 is 9.84 Å². The van der Waals surface area contributed by atoms with Crippen molar-refractivity contribution in [3.8, 4) is 5.75 Å². The molecule has 1 atom stereocenters. The fraction of sp³-hybridized carbons (Fsp3) is 0.120. The summed E-state index contributed by atoms with van der Waals surface area (Å²) in [6.07, 6.45) is 3.04. The first-order valence-corrected chi connectivity index (χ1v) is 11.2. The molecule has 8 heteroatoms.